The number of imidazole rings is 1. The molecule has 0 bridgehead atoms. The van der Waals surface area contributed by atoms with Gasteiger partial charge in [0.05, 0.1) is 62.4 Å². The van der Waals surface area contributed by atoms with Crippen LogP contribution in [0.5, 0.6) is 11.5 Å². The van der Waals surface area contributed by atoms with Gasteiger partial charge in [0.25, 0.3) is 0 Å². The number of fused-ring (bicyclic) bond motifs is 1. The lowest BCUT2D eigenvalue weighted by Gasteiger charge is -2.32. The van der Waals surface area contributed by atoms with Crippen molar-refractivity contribution in [2.75, 3.05) is 41.0 Å². The Morgan fingerprint density at radius 1 is 0.925 bits per heavy atom. The maximum Gasteiger partial charge on any atom is 0.417 e. The van der Waals surface area contributed by atoms with Crippen LogP contribution < -0.4 is 9.47 Å². The smallest absolute Gasteiger partial charge is 0.417 e. The second-order valence-corrected chi connectivity index (χ2v) is 14.6. The number of hydrogen-bond acceptors (Lipinski definition) is 8. The number of rotatable bonds is 11. The first kappa shape index (κ1) is 37.6. The first-order valence-corrected chi connectivity index (χ1v) is 18.1. The highest BCUT2D eigenvalue weighted by molar-refractivity contribution is 7.89. The molecule has 11 nitrogen and oxygen atoms in total. The van der Waals surface area contributed by atoms with Crippen LogP contribution >= 0.6 is 0 Å². The molecule has 1 amide bonds. The van der Waals surface area contributed by atoms with E-state index in [4.69, 9.17) is 18.9 Å². The molecule has 0 unspecified atom stereocenters. The van der Waals surface area contributed by atoms with E-state index in [2.05, 4.69) is 4.98 Å². The standard InChI is InChI=1S/C38H39F3N4O7S/c1-25-15-16-45-34(20-30-24-43(17-18-52-30)37(46)51-4)36(42-35(45)19-25)32-14-13-31(21-33(32)38(39,40)41)53(47,48)44(22-26-5-9-28(49-2)10-6-26)23-27-7-11-29(50-3)12-8-27/h5-16,19,21,30H,17-18,20,22-24H2,1-4H3/t30-/m0/s1. The summed E-state index contributed by atoms with van der Waals surface area (Å²) in [7, 11) is -0.219. The predicted molar refractivity (Wildman–Crippen MR) is 190 cm³/mol. The molecule has 1 saturated heterocycles. The van der Waals surface area contributed by atoms with Crippen molar-refractivity contribution in [1.82, 2.24) is 18.6 Å². The fraction of sp³-hybridized carbons (Fsp3) is 0.316. The van der Waals surface area contributed by atoms with Crippen LogP contribution in [0.3, 0.4) is 0 Å². The van der Waals surface area contributed by atoms with Gasteiger partial charge < -0.3 is 28.2 Å². The summed E-state index contributed by atoms with van der Waals surface area (Å²) in [4.78, 5) is 17.9. The summed E-state index contributed by atoms with van der Waals surface area (Å²) in [5.41, 5.74) is 1.47. The molecule has 0 spiro atoms. The number of alkyl halides is 3. The average molecular weight is 753 g/mol. The van der Waals surface area contributed by atoms with Gasteiger partial charge in [-0.05, 0) is 72.1 Å². The molecule has 1 aliphatic rings. The Morgan fingerprint density at radius 2 is 1.55 bits per heavy atom. The van der Waals surface area contributed by atoms with Crippen molar-refractivity contribution in [3.05, 3.63) is 113 Å². The zero-order chi connectivity index (χ0) is 37.9. The molecule has 6 rings (SSSR count). The van der Waals surface area contributed by atoms with Crippen LogP contribution in [0, 0.1) is 6.92 Å². The number of amides is 1. The highest BCUT2D eigenvalue weighted by Crippen LogP contribution is 2.41. The van der Waals surface area contributed by atoms with E-state index in [-0.39, 0.29) is 43.9 Å². The zero-order valence-electron chi connectivity index (χ0n) is 29.6. The molecule has 0 aliphatic carbocycles. The van der Waals surface area contributed by atoms with Gasteiger partial charge in [-0.15, -0.1) is 0 Å². The third-order valence-corrected chi connectivity index (χ3v) is 10.9. The normalized spacial score (nSPS) is 15.2. The number of pyridine rings is 1. The van der Waals surface area contributed by atoms with Gasteiger partial charge in [0, 0.05) is 37.8 Å². The van der Waals surface area contributed by atoms with E-state index in [0.717, 1.165) is 15.9 Å². The molecule has 5 aromatic rings. The number of aromatic nitrogens is 2. The van der Waals surface area contributed by atoms with E-state index in [9.17, 15) is 13.2 Å². The second-order valence-electron chi connectivity index (χ2n) is 12.6. The SMILES string of the molecule is COC(=O)N1CCO[C@@H](Cc2c(-c3ccc(S(=O)(=O)N(Cc4ccc(OC)cc4)Cc4ccc(OC)cc4)cc3C(F)(F)F)nc3cc(C)ccn23)C1. The maximum absolute atomic E-state index is 15.1. The number of carbonyl (C=O) groups excluding carboxylic acids is 1. The van der Waals surface area contributed by atoms with Crippen LogP contribution in [0.2, 0.25) is 0 Å². The van der Waals surface area contributed by atoms with Crippen molar-refractivity contribution in [3.63, 3.8) is 0 Å². The summed E-state index contributed by atoms with van der Waals surface area (Å²) in [6, 6.07) is 20.1. The summed E-state index contributed by atoms with van der Waals surface area (Å²) in [6.45, 7) is 2.28. The van der Waals surface area contributed by atoms with Gasteiger partial charge >= 0.3 is 12.3 Å². The summed E-state index contributed by atoms with van der Waals surface area (Å²) >= 11 is 0. The molecule has 3 aromatic carbocycles. The van der Waals surface area contributed by atoms with Crippen molar-refractivity contribution >= 4 is 21.8 Å². The van der Waals surface area contributed by atoms with Gasteiger partial charge in [0.1, 0.15) is 17.1 Å². The molecule has 1 fully saturated rings. The fourth-order valence-electron chi connectivity index (χ4n) is 6.33. The number of methoxy groups -OCH3 is 3. The third kappa shape index (κ3) is 8.27. The predicted octanol–water partition coefficient (Wildman–Crippen LogP) is 6.75. The Hall–Kier alpha value is -5.12. The maximum atomic E-state index is 15.1. The van der Waals surface area contributed by atoms with Crippen molar-refractivity contribution in [3.8, 4) is 22.8 Å². The topological polar surface area (TPSA) is 112 Å². The molecule has 280 valence electrons. The Bertz CT molecular complexity index is 2140. The minimum Gasteiger partial charge on any atom is -0.497 e. The Balaban J connectivity index is 1.43. The van der Waals surface area contributed by atoms with E-state index in [1.54, 1.807) is 65.2 Å². The van der Waals surface area contributed by atoms with Crippen LogP contribution in [-0.2, 0) is 45.2 Å². The number of benzene rings is 3. The Kier molecular flexibility index (Phi) is 11.0. The van der Waals surface area contributed by atoms with Crippen LogP contribution in [0.25, 0.3) is 16.9 Å². The van der Waals surface area contributed by atoms with Crippen molar-refractivity contribution in [1.29, 1.82) is 0 Å². The lowest BCUT2D eigenvalue weighted by Crippen LogP contribution is -2.46. The Labute approximate surface area is 305 Å². The molecule has 2 aromatic heterocycles. The van der Waals surface area contributed by atoms with E-state index in [1.807, 2.05) is 13.0 Å². The molecule has 1 atom stereocenters. The quantitative estimate of drug-likeness (QED) is 0.146. The van der Waals surface area contributed by atoms with E-state index < -0.39 is 38.9 Å². The first-order chi connectivity index (χ1) is 25.3. The number of aryl methyl sites for hydroxylation is 1. The molecule has 3 heterocycles. The van der Waals surface area contributed by atoms with E-state index >= 15 is 13.2 Å². The first-order valence-electron chi connectivity index (χ1n) is 16.7. The van der Waals surface area contributed by atoms with Gasteiger partial charge in [-0.25, -0.2) is 18.2 Å². The lowest BCUT2D eigenvalue weighted by molar-refractivity contribution is -0.137. The lowest BCUT2D eigenvalue weighted by atomic mass is 10.00. The van der Waals surface area contributed by atoms with Crippen LogP contribution in [0.4, 0.5) is 18.0 Å². The molecular formula is C38H39F3N4O7S. The van der Waals surface area contributed by atoms with Crippen LogP contribution in [-0.4, -0.2) is 80.2 Å². The Morgan fingerprint density at radius 3 is 2.11 bits per heavy atom. The monoisotopic (exact) mass is 752 g/mol. The highest BCUT2D eigenvalue weighted by atomic mass is 32.2. The average Bonchev–Trinajstić information content (AvgIpc) is 3.50. The molecule has 53 heavy (non-hydrogen) atoms. The van der Waals surface area contributed by atoms with Gasteiger partial charge in [-0.3, -0.25) is 0 Å². The van der Waals surface area contributed by atoms with Gasteiger partial charge in [0.15, 0.2) is 0 Å². The molecule has 15 heteroatoms. The summed E-state index contributed by atoms with van der Waals surface area (Å²) in [5.74, 6) is 1.14. The number of halogens is 3. The number of sulfonamides is 1. The van der Waals surface area contributed by atoms with Crippen molar-refractivity contribution in [2.24, 2.45) is 0 Å². The number of nitrogens with zero attached hydrogens (tertiary/aromatic N) is 4. The number of carbonyl (C=O) groups is 1. The largest absolute Gasteiger partial charge is 0.497 e. The number of ether oxygens (including phenoxy) is 4. The van der Waals surface area contributed by atoms with E-state index in [0.29, 0.717) is 46.6 Å². The number of morpholine rings is 1. The summed E-state index contributed by atoms with van der Waals surface area (Å²) in [5, 5.41) is 0. The third-order valence-electron chi connectivity index (χ3n) is 9.10. The number of hydrogen-bond donors (Lipinski definition) is 0. The summed E-state index contributed by atoms with van der Waals surface area (Å²) in [6.07, 6.45) is -4.22. The molecule has 0 saturated carbocycles. The zero-order valence-corrected chi connectivity index (χ0v) is 30.4. The van der Waals surface area contributed by atoms with Crippen LogP contribution in [0.15, 0.2) is 90.0 Å². The summed E-state index contributed by atoms with van der Waals surface area (Å²) < 4.78 is 98.1. The van der Waals surface area contributed by atoms with Gasteiger partial charge in [-0.1, -0.05) is 30.3 Å². The van der Waals surface area contributed by atoms with Crippen molar-refractivity contribution in [2.45, 2.75) is 43.6 Å². The van der Waals surface area contributed by atoms with Gasteiger partial charge in [0.2, 0.25) is 10.0 Å². The van der Waals surface area contributed by atoms with E-state index in [1.165, 1.54) is 32.3 Å². The molecular weight excluding hydrogens is 714 g/mol. The molecule has 0 N–H and O–H groups in total. The second kappa shape index (κ2) is 15.5. The molecule has 0 radical (unpaired) electrons. The van der Waals surface area contributed by atoms with Gasteiger partial charge in [-0.2, -0.15) is 17.5 Å². The van der Waals surface area contributed by atoms with Crippen molar-refractivity contribution < 1.29 is 45.3 Å². The minimum atomic E-state index is -4.95. The highest BCUT2D eigenvalue weighted by Gasteiger charge is 2.38. The molecule has 1 aliphatic heterocycles. The fourth-order valence-corrected chi connectivity index (χ4v) is 7.77. The minimum absolute atomic E-state index is 0.0268. The van der Waals surface area contributed by atoms with Crippen LogP contribution in [0.1, 0.15) is 27.9 Å².